The lowest BCUT2D eigenvalue weighted by molar-refractivity contribution is 0.0475. The van der Waals surface area contributed by atoms with Crippen LogP contribution in [0.15, 0.2) is 18.2 Å². The number of nitrogens with one attached hydrogen (secondary N) is 2. The molecule has 1 amide bonds. The van der Waals surface area contributed by atoms with Crippen molar-refractivity contribution in [3.63, 3.8) is 0 Å². The first-order chi connectivity index (χ1) is 9.73. The van der Waals surface area contributed by atoms with Gasteiger partial charge in [0.1, 0.15) is 11.4 Å². The highest BCUT2D eigenvalue weighted by atomic mass is 16.6. The highest BCUT2D eigenvalue weighted by molar-refractivity contribution is 5.68. The molecule has 116 valence electrons. The summed E-state index contributed by atoms with van der Waals surface area (Å²) in [5.41, 5.74) is 1.29. The van der Waals surface area contributed by atoms with E-state index in [-0.39, 0.29) is 12.1 Å². The number of amides is 1. The van der Waals surface area contributed by atoms with Gasteiger partial charge in [-0.15, -0.1) is 0 Å². The second kappa shape index (κ2) is 5.84. The number of hydrogen-bond donors (Lipinski definition) is 3. The van der Waals surface area contributed by atoms with Gasteiger partial charge in [-0.25, -0.2) is 4.79 Å². The monoisotopic (exact) mass is 292 g/mol. The Morgan fingerprint density at radius 1 is 1.29 bits per heavy atom. The molecule has 3 N–H and O–H groups in total. The van der Waals surface area contributed by atoms with E-state index in [9.17, 15) is 9.90 Å². The summed E-state index contributed by atoms with van der Waals surface area (Å²) in [4.78, 5) is 11.6. The maximum absolute atomic E-state index is 11.6. The molecular formula is C16H24N2O3. The summed E-state index contributed by atoms with van der Waals surface area (Å²) in [5.74, 6) is 0.294. The lowest BCUT2D eigenvalue weighted by Gasteiger charge is -2.37. The number of carbonyl (C=O) groups excluding carboxylic acids is 1. The van der Waals surface area contributed by atoms with Crippen molar-refractivity contribution in [1.29, 1.82) is 0 Å². The van der Waals surface area contributed by atoms with E-state index in [1.54, 1.807) is 6.07 Å². The Balaban J connectivity index is 1.74. The van der Waals surface area contributed by atoms with E-state index < -0.39 is 5.60 Å². The van der Waals surface area contributed by atoms with Crippen LogP contribution in [0, 0.1) is 6.92 Å². The van der Waals surface area contributed by atoms with E-state index in [0.29, 0.717) is 11.8 Å². The fourth-order valence-electron chi connectivity index (χ4n) is 2.26. The van der Waals surface area contributed by atoms with Gasteiger partial charge in [0.15, 0.2) is 0 Å². The molecule has 1 fully saturated rings. The molecule has 0 atom stereocenters. The van der Waals surface area contributed by atoms with Crippen LogP contribution in [0.25, 0.3) is 0 Å². The molecule has 21 heavy (non-hydrogen) atoms. The maximum atomic E-state index is 11.6. The van der Waals surface area contributed by atoms with E-state index in [0.717, 1.165) is 24.1 Å². The summed E-state index contributed by atoms with van der Waals surface area (Å²) in [6.07, 6.45) is 1.35. The molecule has 0 aliphatic heterocycles. The van der Waals surface area contributed by atoms with E-state index in [1.807, 2.05) is 39.8 Å². The number of anilines is 1. The van der Waals surface area contributed by atoms with Gasteiger partial charge in [0, 0.05) is 23.8 Å². The number of aromatic hydroxyl groups is 1. The summed E-state index contributed by atoms with van der Waals surface area (Å²) in [7, 11) is 0. The molecule has 5 nitrogen and oxygen atoms in total. The van der Waals surface area contributed by atoms with Crippen LogP contribution in [0.5, 0.6) is 5.75 Å². The molecule has 0 heterocycles. The van der Waals surface area contributed by atoms with Gasteiger partial charge in [0.05, 0.1) is 0 Å². The van der Waals surface area contributed by atoms with Crippen molar-refractivity contribution in [2.24, 2.45) is 0 Å². The van der Waals surface area contributed by atoms with Gasteiger partial charge in [-0.3, -0.25) is 0 Å². The normalized spacial score (nSPS) is 21.3. The van der Waals surface area contributed by atoms with Crippen LogP contribution >= 0.6 is 0 Å². The van der Waals surface area contributed by atoms with Gasteiger partial charge in [-0.05, 0) is 52.2 Å². The average molecular weight is 292 g/mol. The third-order valence-corrected chi connectivity index (χ3v) is 3.44. The number of aryl methyl sites for hydroxylation is 1. The van der Waals surface area contributed by atoms with Crippen molar-refractivity contribution >= 4 is 11.8 Å². The fraction of sp³-hybridized carbons (Fsp3) is 0.562. The van der Waals surface area contributed by atoms with Crippen LogP contribution < -0.4 is 10.6 Å². The van der Waals surface area contributed by atoms with Crippen molar-refractivity contribution in [2.75, 3.05) is 5.32 Å². The second-order valence-electron chi connectivity index (χ2n) is 6.66. The number of phenolic OH excluding ortho intramolecular Hbond substituents is 1. The van der Waals surface area contributed by atoms with Crippen LogP contribution in [-0.4, -0.2) is 28.9 Å². The predicted octanol–water partition coefficient (Wildman–Crippen LogP) is 3.17. The quantitative estimate of drug-likeness (QED) is 0.800. The summed E-state index contributed by atoms with van der Waals surface area (Å²) < 4.78 is 5.22. The van der Waals surface area contributed by atoms with Crippen LogP contribution in [0.1, 0.15) is 39.2 Å². The van der Waals surface area contributed by atoms with Crippen LogP contribution in [-0.2, 0) is 4.74 Å². The Morgan fingerprint density at radius 2 is 1.95 bits per heavy atom. The van der Waals surface area contributed by atoms with Crippen molar-refractivity contribution in [2.45, 2.75) is 58.2 Å². The minimum absolute atomic E-state index is 0.149. The van der Waals surface area contributed by atoms with Gasteiger partial charge < -0.3 is 20.5 Å². The number of rotatable bonds is 3. The number of alkyl carbamates (subject to hydrolysis) is 1. The average Bonchev–Trinajstić information content (AvgIpc) is 2.28. The van der Waals surface area contributed by atoms with Crippen molar-refractivity contribution in [3.05, 3.63) is 23.8 Å². The highest BCUT2D eigenvalue weighted by Gasteiger charge is 2.31. The molecule has 1 saturated carbocycles. The van der Waals surface area contributed by atoms with E-state index in [1.165, 1.54) is 0 Å². The van der Waals surface area contributed by atoms with E-state index in [2.05, 4.69) is 10.6 Å². The Bertz CT molecular complexity index is 517. The summed E-state index contributed by atoms with van der Waals surface area (Å²) in [6.45, 7) is 7.41. The van der Waals surface area contributed by atoms with Gasteiger partial charge in [-0.2, -0.15) is 0 Å². The molecule has 0 bridgehead atoms. The number of ether oxygens (including phenoxy) is 1. The zero-order valence-electron chi connectivity index (χ0n) is 13.1. The molecule has 2 rings (SSSR count). The summed E-state index contributed by atoms with van der Waals surface area (Å²) >= 11 is 0. The van der Waals surface area contributed by atoms with E-state index in [4.69, 9.17) is 4.74 Å². The Labute approximate surface area is 125 Å². The fourth-order valence-corrected chi connectivity index (χ4v) is 2.26. The molecule has 1 aliphatic carbocycles. The third-order valence-electron chi connectivity index (χ3n) is 3.44. The molecule has 0 spiro atoms. The molecule has 0 aromatic heterocycles. The lowest BCUT2D eigenvalue weighted by Crippen LogP contribution is -2.50. The Morgan fingerprint density at radius 3 is 2.52 bits per heavy atom. The van der Waals surface area contributed by atoms with Crippen molar-refractivity contribution in [3.8, 4) is 5.75 Å². The van der Waals surface area contributed by atoms with Gasteiger partial charge in [0.25, 0.3) is 0 Å². The standard InChI is InChI=1S/C16H24N2O3/c1-10-5-6-11(9-14(10)19)17-12-7-13(8-12)18-15(20)21-16(2,3)4/h5-6,9,12-13,17,19H,7-8H2,1-4H3,(H,18,20). The number of phenols is 1. The summed E-state index contributed by atoms with van der Waals surface area (Å²) in [6, 6.07) is 6.02. The minimum Gasteiger partial charge on any atom is -0.508 e. The molecule has 1 aromatic carbocycles. The van der Waals surface area contributed by atoms with Gasteiger partial charge in [0.2, 0.25) is 0 Å². The predicted molar refractivity (Wildman–Crippen MR) is 82.6 cm³/mol. The molecular weight excluding hydrogens is 268 g/mol. The number of hydrogen-bond acceptors (Lipinski definition) is 4. The zero-order chi connectivity index (χ0) is 15.6. The number of carbonyl (C=O) groups is 1. The summed E-state index contributed by atoms with van der Waals surface area (Å²) in [5, 5.41) is 15.9. The van der Waals surface area contributed by atoms with Crippen LogP contribution in [0.3, 0.4) is 0 Å². The van der Waals surface area contributed by atoms with Gasteiger partial charge >= 0.3 is 6.09 Å². The first-order valence-corrected chi connectivity index (χ1v) is 7.28. The first kappa shape index (κ1) is 15.5. The van der Waals surface area contributed by atoms with Crippen LogP contribution in [0.2, 0.25) is 0 Å². The maximum Gasteiger partial charge on any atom is 0.407 e. The van der Waals surface area contributed by atoms with Crippen molar-refractivity contribution < 1.29 is 14.6 Å². The number of benzene rings is 1. The third kappa shape index (κ3) is 4.55. The second-order valence-corrected chi connectivity index (χ2v) is 6.66. The van der Waals surface area contributed by atoms with E-state index >= 15 is 0 Å². The Hall–Kier alpha value is -1.91. The molecule has 0 saturated heterocycles. The topological polar surface area (TPSA) is 70.6 Å². The minimum atomic E-state index is -0.467. The molecule has 1 aliphatic rings. The molecule has 5 heteroatoms. The Kier molecular flexibility index (Phi) is 4.30. The molecule has 0 radical (unpaired) electrons. The lowest BCUT2D eigenvalue weighted by atomic mass is 9.86. The smallest absolute Gasteiger partial charge is 0.407 e. The first-order valence-electron chi connectivity index (χ1n) is 7.28. The zero-order valence-corrected chi connectivity index (χ0v) is 13.1. The highest BCUT2D eigenvalue weighted by Crippen LogP contribution is 2.27. The van der Waals surface area contributed by atoms with Gasteiger partial charge in [-0.1, -0.05) is 6.07 Å². The van der Waals surface area contributed by atoms with Crippen LogP contribution in [0.4, 0.5) is 10.5 Å². The van der Waals surface area contributed by atoms with Crippen molar-refractivity contribution in [1.82, 2.24) is 5.32 Å². The largest absolute Gasteiger partial charge is 0.508 e. The SMILES string of the molecule is Cc1ccc(NC2CC(NC(=O)OC(C)(C)C)C2)cc1O. The molecule has 1 aromatic rings. The molecule has 0 unspecified atom stereocenters.